The Bertz CT molecular complexity index is 1350. The number of hydrogen-bond donors (Lipinski definition) is 2. The van der Waals surface area contributed by atoms with E-state index in [4.69, 9.17) is 0 Å². The summed E-state index contributed by atoms with van der Waals surface area (Å²) in [6.07, 6.45) is 1.84. The van der Waals surface area contributed by atoms with E-state index >= 15 is 0 Å². The van der Waals surface area contributed by atoms with Crippen LogP contribution in [-0.4, -0.2) is 80.0 Å². The number of hydrogen-bond acceptors (Lipinski definition) is 13. The van der Waals surface area contributed by atoms with Crippen molar-refractivity contribution in [1.29, 1.82) is 0 Å². The summed E-state index contributed by atoms with van der Waals surface area (Å²) in [5.41, 5.74) is 0.629. The number of rotatable bonds is 13. The van der Waals surface area contributed by atoms with Gasteiger partial charge < -0.3 is 30.4 Å². The third kappa shape index (κ3) is 9.22. The van der Waals surface area contributed by atoms with Gasteiger partial charge in [-0.1, -0.05) is 53.1 Å². The molecule has 3 amide bonds. The number of carbonyl (C=O) groups excluding carboxylic acids is 5. The van der Waals surface area contributed by atoms with Gasteiger partial charge in [0, 0.05) is 23.5 Å². The molecule has 1 aromatic carbocycles. The van der Waals surface area contributed by atoms with Crippen molar-refractivity contribution in [3.05, 3.63) is 47.2 Å². The van der Waals surface area contributed by atoms with Gasteiger partial charge in [0.2, 0.25) is 5.91 Å². The summed E-state index contributed by atoms with van der Waals surface area (Å²) >= 11 is 5.52. The van der Waals surface area contributed by atoms with Crippen LogP contribution in [0.1, 0.15) is 29.6 Å². The molecule has 12 nitrogen and oxygen atoms in total. The largest absolute Gasteiger partial charge is 1.00 e. The number of nitrogens with one attached hydrogen (secondary N) is 2. The van der Waals surface area contributed by atoms with E-state index in [2.05, 4.69) is 20.8 Å². The molecule has 3 atom stereocenters. The maximum atomic E-state index is 12.8. The third-order valence-corrected chi connectivity index (χ3v) is 10.5. The molecule has 0 aliphatic carbocycles. The molecule has 1 aromatic heterocycles. The second-order valence-electron chi connectivity index (χ2n) is 8.62. The minimum absolute atomic E-state index is 0. The fourth-order valence-electron chi connectivity index (χ4n) is 4.06. The maximum Gasteiger partial charge on any atom is 1.00 e. The molecular weight excluding hydrogens is 645 g/mol. The van der Waals surface area contributed by atoms with E-state index in [0.717, 1.165) is 9.24 Å². The number of aliphatic carboxylic acids is 2. The summed E-state index contributed by atoms with van der Waals surface area (Å²) in [6, 6.07) is 5.89. The third-order valence-electron chi connectivity index (χ3n) is 6.01. The predicted molar refractivity (Wildman–Crippen MR) is 146 cm³/mol. The molecule has 1 fully saturated rings. The van der Waals surface area contributed by atoms with Gasteiger partial charge in [-0.05, 0) is 36.8 Å². The molecule has 4 rings (SSSR count). The number of aromatic nitrogens is 2. The van der Waals surface area contributed by atoms with Crippen LogP contribution >= 0.6 is 46.6 Å². The quantitative estimate of drug-likeness (QED) is 0.117. The fraction of sp³-hybridized carbons (Fsp3) is 0.375. The Balaban J connectivity index is 0.00000308. The number of carboxylic acids is 2. The molecule has 1 saturated heterocycles. The van der Waals surface area contributed by atoms with Gasteiger partial charge in [-0.2, -0.15) is 0 Å². The van der Waals surface area contributed by atoms with Crippen molar-refractivity contribution >= 4 is 76.3 Å². The van der Waals surface area contributed by atoms with E-state index in [1.807, 2.05) is 6.26 Å². The van der Waals surface area contributed by atoms with Gasteiger partial charge >= 0.3 is 59.1 Å². The molecule has 0 radical (unpaired) electrons. The summed E-state index contributed by atoms with van der Waals surface area (Å²) in [5, 5.41) is 35.9. The number of carbonyl (C=O) groups is 5. The Morgan fingerprint density at radius 2 is 1.81 bits per heavy atom. The Morgan fingerprint density at radius 1 is 1.12 bits per heavy atom. The van der Waals surface area contributed by atoms with Crippen LogP contribution in [0, 0.1) is 0 Å². The second-order valence-corrected chi connectivity index (χ2v) is 13.0. The molecule has 0 spiro atoms. The average Bonchev–Trinajstić information content (AvgIpc) is 3.42. The first-order valence-electron chi connectivity index (χ1n) is 11.9. The van der Waals surface area contributed by atoms with Crippen LogP contribution in [0.5, 0.6) is 0 Å². The molecule has 42 heavy (non-hydrogen) atoms. The van der Waals surface area contributed by atoms with Crippen molar-refractivity contribution in [2.24, 2.45) is 0 Å². The summed E-state index contributed by atoms with van der Waals surface area (Å²) in [4.78, 5) is 62.2. The monoisotopic (exact) mass is 667 g/mol. The van der Waals surface area contributed by atoms with Crippen molar-refractivity contribution in [3.8, 4) is 0 Å². The molecule has 212 valence electrons. The minimum Gasteiger partial charge on any atom is -0.548 e. The molecule has 18 heteroatoms. The van der Waals surface area contributed by atoms with Gasteiger partial charge in [-0.25, -0.2) is 0 Å². The minimum atomic E-state index is -1.47. The summed E-state index contributed by atoms with van der Waals surface area (Å²) in [7, 11) is 0. The number of β-lactam (4-membered cyclic amide) rings is 1. The summed E-state index contributed by atoms with van der Waals surface area (Å²) in [6.45, 7) is 0. The van der Waals surface area contributed by atoms with Crippen LogP contribution < -0.4 is 80.0 Å². The predicted octanol–water partition coefficient (Wildman–Crippen LogP) is -6.52. The first kappa shape index (κ1) is 37.1. The van der Waals surface area contributed by atoms with Crippen LogP contribution in [0.25, 0.3) is 0 Å². The molecule has 2 N–H and O–H groups in total. The summed E-state index contributed by atoms with van der Waals surface area (Å²) < 4.78 is 1.47. The van der Waals surface area contributed by atoms with Crippen molar-refractivity contribution in [1.82, 2.24) is 25.7 Å². The number of thioether (sulfide) groups is 3. The van der Waals surface area contributed by atoms with E-state index in [1.165, 1.54) is 46.6 Å². The van der Waals surface area contributed by atoms with Crippen LogP contribution in [0.2, 0.25) is 0 Å². The number of fused-ring (bicyclic) bond motifs is 1. The maximum absolute atomic E-state index is 12.8. The van der Waals surface area contributed by atoms with E-state index in [0.29, 0.717) is 27.0 Å². The van der Waals surface area contributed by atoms with Gasteiger partial charge in [-0.3, -0.25) is 19.3 Å². The molecule has 3 heterocycles. The zero-order valence-electron chi connectivity index (χ0n) is 23.0. The number of carboxylic acid groups (broad SMARTS) is 2. The van der Waals surface area contributed by atoms with Gasteiger partial charge in [0.25, 0.3) is 11.8 Å². The van der Waals surface area contributed by atoms with E-state index in [9.17, 15) is 34.2 Å². The topological polar surface area (TPSA) is 185 Å². The van der Waals surface area contributed by atoms with Crippen molar-refractivity contribution in [3.63, 3.8) is 0 Å². The van der Waals surface area contributed by atoms with Crippen LogP contribution in [0.15, 0.2) is 50.3 Å². The number of benzene rings is 1. The average molecular weight is 668 g/mol. The molecule has 1 unspecified atom stereocenters. The van der Waals surface area contributed by atoms with Crippen LogP contribution in [0.4, 0.5) is 0 Å². The summed E-state index contributed by atoms with van der Waals surface area (Å²) in [5.74, 6) is -3.93. The molecule has 2 aliphatic heterocycles. The number of nitrogens with zero attached hydrogens (tertiary/aromatic N) is 3. The second kappa shape index (κ2) is 17.4. The van der Waals surface area contributed by atoms with Crippen molar-refractivity contribution in [2.45, 2.75) is 45.4 Å². The Labute approximate surface area is 302 Å². The molecule has 0 saturated carbocycles. The first-order valence-corrected chi connectivity index (χ1v) is 16.0. The fourth-order valence-corrected chi connectivity index (χ4v) is 7.99. The standard InChI is InChI=1S/C24H25N5O7S4.2Na/c1-37-23-27-28-24(40-23)39-11-13-10-38-20-16(19(32)29(20)17(13)22(35)36)26-15(30)9-5-8-14(21(33)34)25-18(31)12-6-3-2-4-7-12;;/h2-4,6-7,14,16,20H,5,8-11H2,1H3,(H,25,31)(H,26,30)(H,33,34)(H,35,36);;/q;2*+1/p-2/t14-,16?,20-;;/m1../s1. The van der Waals surface area contributed by atoms with Gasteiger partial charge in [0.05, 0.1) is 23.7 Å². The van der Waals surface area contributed by atoms with Crippen LogP contribution in [0.3, 0.4) is 0 Å². The molecule has 2 aliphatic rings. The zero-order valence-corrected chi connectivity index (χ0v) is 30.3. The molecular formula is C24H23N5Na2O7S4. The van der Waals surface area contributed by atoms with Crippen molar-refractivity contribution < 1.29 is 93.3 Å². The van der Waals surface area contributed by atoms with E-state index < -0.39 is 47.1 Å². The molecule has 2 aromatic rings. The van der Waals surface area contributed by atoms with E-state index in [-0.39, 0.29) is 84.1 Å². The van der Waals surface area contributed by atoms with Gasteiger partial charge in [-0.15, -0.1) is 22.0 Å². The zero-order chi connectivity index (χ0) is 28.8. The van der Waals surface area contributed by atoms with Crippen molar-refractivity contribution in [2.75, 3.05) is 17.8 Å². The van der Waals surface area contributed by atoms with E-state index in [1.54, 1.807) is 30.3 Å². The van der Waals surface area contributed by atoms with Gasteiger partial charge in [0.15, 0.2) is 8.68 Å². The number of amides is 3. The smallest absolute Gasteiger partial charge is 0.548 e. The Kier molecular flexibility index (Phi) is 15.4. The normalized spacial score (nSPS) is 18.0. The first-order chi connectivity index (χ1) is 19.2. The Morgan fingerprint density at radius 3 is 2.43 bits per heavy atom. The molecule has 0 bridgehead atoms. The van der Waals surface area contributed by atoms with Crippen LogP contribution in [-0.2, 0) is 19.2 Å². The Hall–Kier alpha value is -1.08. The van der Waals surface area contributed by atoms with Gasteiger partial charge in [0.1, 0.15) is 11.4 Å². The SMILES string of the molecule is CSc1nnc(SCC2=C(C(=O)[O-])N3C(=O)C(NC(=O)CCC[C@@H](NC(=O)c4ccccc4)C(=O)[O-])[C@H]3SC2)s1.[Na+].[Na+].